The standard InChI is InChI=1S/C26H33N3O3S/c1-5-32-12-6-11-27-26(33)29(16-20-7-9-23(31-4)10-8-20)17-22-15-21-13-18(2)19(3)14-24(21)28-25(22)30/h7-10,13-15H,5-6,11-12,16-17H2,1-4H3,(H,27,33)(H,28,30). The highest BCUT2D eigenvalue weighted by molar-refractivity contribution is 7.80. The molecule has 2 aromatic carbocycles. The van der Waals surface area contributed by atoms with Crippen molar-refractivity contribution in [3.05, 3.63) is 75.1 Å². The Hall–Kier alpha value is -2.90. The molecule has 0 spiro atoms. The number of H-pyrrole nitrogens is 1. The molecule has 0 saturated carbocycles. The number of aromatic amines is 1. The molecule has 176 valence electrons. The third-order valence-electron chi connectivity index (χ3n) is 5.66. The lowest BCUT2D eigenvalue weighted by molar-refractivity contribution is 0.145. The highest BCUT2D eigenvalue weighted by Gasteiger charge is 2.14. The number of nitrogens with zero attached hydrogens (tertiary/aromatic N) is 1. The normalized spacial score (nSPS) is 10.9. The average Bonchev–Trinajstić information content (AvgIpc) is 2.80. The van der Waals surface area contributed by atoms with E-state index in [0.717, 1.165) is 34.2 Å². The minimum absolute atomic E-state index is 0.0929. The number of thiocarbonyl (C=S) groups is 1. The predicted octanol–water partition coefficient (Wildman–Crippen LogP) is 4.46. The van der Waals surface area contributed by atoms with Gasteiger partial charge >= 0.3 is 0 Å². The largest absolute Gasteiger partial charge is 0.497 e. The summed E-state index contributed by atoms with van der Waals surface area (Å²) in [7, 11) is 1.65. The molecule has 3 aromatic rings. The maximum Gasteiger partial charge on any atom is 0.253 e. The molecule has 7 heteroatoms. The van der Waals surface area contributed by atoms with Crippen LogP contribution in [0.3, 0.4) is 0 Å². The fourth-order valence-electron chi connectivity index (χ4n) is 3.62. The molecular weight excluding hydrogens is 434 g/mol. The molecule has 2 N–H and O–H groups in total. The van der Waals surface area contributed by atoms with Crippen LogP contribution in [-0.4, -0.2) is 41.9 Å². The molecule has 1 aromatic heterocycles. The van der Waals surface area contributed by atoms with Crippen molar-refractivity contribution in [2.45, 2.75) is 40.3 Å². The van der Waals surface area contributed by atoms with Crippen LogP contribution in [0, 0.1) is 13.8 Å². The van der Waals surface area contributed by atoms with Crippen LogP contribution >= 0.6 is 12.2 Å². The first kappa shape index (κ1) is 24.7. The molecule has 0 aliphatic heterocycles. The number of fused-ring (bicyclic) bond motifs is 1. The van der Waals surface area contributed by atoms with Gasteiger partial charge in [-0.3, -0.25) is 4.79 Å². The summed E-state index contributed by atoms with van der Waals surface area (Å²) in [5, 5.41) is 4.95. The van der Waals surface area contributed by atoms with Crippen LogP contribution in [0.15, 0.2) is 47.3 Å². The van der Waals surface area contributed by atoms with Gasteiger partial charge in [0.1, 0.15) is 5.75 Å². The average molecular weight is 468 g/mol. The molecule has 0 bridgehead atoms. The molecule has 6 nitrogen and oxygen atoms in total. The van der Waals surface area contributed by atoms with E-state index in [9.17, 15) is 4.79 Å². The molecule has 0 fully saturated rings. The Morgan fingerprint density at radius 3 is 2.52 bits per heavy atom. The Kier molecular flexibility index (Phi) is 8.86. The van der Waals surface area contributed by atoms with Crippen molar-refractivity contribution >= 4 is 28.2 Å². The fraction of sp³-hybridized carbons (Fsp3) is 0.385. The van der Waals surface area contributed by atoms with E-state index in [1.165, 1.54) is 5.56 Å². The second kappa shape index (κ2) is 11.8. The van der Waals surface area contributed by atoms with E-state index in [1.54, 1.807) is 7.11 Å². The van der Waals surface area contributed by atoms with E-state index in [4.69, 9.17) is 21.7 Å². The van der Waals surface area contributed by atoms with Crippen LogP contribution in [0.25, 0.3) is 10.9 Å². The van der Waals surface area contributed by atoms with Gasteiger partial charge in [0.2, 0.25) is 0 Å². The van der Waals surface area contributed by atoms with Gasteiger partial charge in [-0.15, -0.1) is 0 Å². The first-order chi connectivity index (χ1) is 15.9. The van der Waals surface area contributed by atoms with E-state index in [1.807, 2.05) is 55.1 Å². The Balaban J connectivity index is 1.83. The number of aryl methyl sites for hydroxylation is 2. The van der Waals surface area contributed by atoms with E-state index in [0.29, 0.717) is 43.5 Å². The Morgan fingerprint density at radius 1 is 1.09 bits per heavy atom. The number of hydrogen-bond acceptors (Lipinski definition) is 4. The van der Waals surface area contributed by atoms with Gasteiger partial charge in [0.15, 0.2) is 5.11 Å². The summed E-state index contributed by atoms with van der Waals surface area (Å²) in [6, 6.07) is 14.0. The molecule has 0 radical (unpaired) electrons. The molecule has 0 saturated heterocycles. The zero-order chi connectivity index (χ0) is 23.8. The van der Waals surface area contributed by atoms with Crippen LogP contribution in [0.1, 0.15) is 35.6 Å². The van der Waals surface area contributed by atoms with Crippen LogP contribution < -0.4 is 15.6 Å². The van der Waals surface area contributed by atoms with E-state index >= 15 is 0 Å². The Morgan fingerprint density at radius 2 is 1.82 bits per heavy atom. The van der Waals surface area contributed by atoms with Crippen molar-refractivity contribution < 1.29 is 9.47 Å². The topological polar surface area (TPSA) is 66.6 Å². The molecule has 0 amide bonds. The number of aromatic nitrogens is 1. The summed E-state index contributed by atoms with van der Waals surface area (Å²) in [6.07, 6.45) is 0.861. The Labute approximate surface area is 200 Å². The number of rotatable bonds is 10. The van der Waals surface area contributed by atoms with Crippen molar-refractivity contribution in [3.8, 4) is 5.75 Å². The van der Waals surface area contributed by atoms with Gasteiger partial charge in [-0.05, 0) is 91.8 Å². The van der Waals surface area contributed by atoms with Crippen molar-refractivity contribution in [2.75, 3.05) is 26.9 Å². The van der Waals surface area contributed by atoms with Gasteiger partial charge in [-0.25, -0.2) is 0 Å². The van der Waals surface area contributed by atoms with Gasteiger partial charge < -0.3 is 24.7 Å². The van der Waals surface area contributed by atoms with Crippen LogP contribution in [-0.2, 0) is 17.8 Å². The van der Waals surface area contributed by atoms with Gasteiger partial charge in [0.25, 0.3) is 5.56 Å². The maximum atomic E-state index is 12.9. The molecule has 33 heavy (non-hydrogen) atoms. The lowest BCUT2D eigenvalue weighted by Gasteiger charge is -2.26. The van der Waals surface area contributed by atoms with E-state index in [2.05, 4.69) is 23.3 Å². The van der Waals surface area contributed by atoms with Gasteiger partial charge in [-0.1, -0.05) is 12.1 Å². The third kappa shape index (κ3) is 6.79. The zero-order valence-electron chi connectivity index (χ0n) is 19.9. The first-order valence-electron chi connectivity index (χ1n) is 11.3. The van der Waals surface area contributed by atoms with Gasteiger partial charge in [-0.2, -0.15) is 0 Å². The molecule has 0 atom stereocenters. The zero-order valence-corrected chi connectivity index (χ0v) is 20.7. The highest BCUT2D eigenvalue weighted by Crippen LogP contribution is 2.19. The summed E-state index contributed by atoms with van der Waals surface area (Å²) < 4.78 is 10.7. The molecule has 3 rings (SSSR count). The van der Waals surface area contributed by atoms with Crippen LogP contribution in [0.2, 0.25) is 0 Å². The molecule has 1 heterocycles. The van der Waals surface area contributed by atoms with Crippen molar-refractivity contribution in [2.24, 2.45) is 0 Å². The number of ether oxygens (including phenoxy) is 2. The van der Waals surface area contributed by atoms with E-state index < -0.39 is 0 Å². The number of pyridine rings is 1. The van der Waals surface area contributed by atoms with Crippen molar-refractivity contribution in [3.63, 3.8) is 0 Å². The summed E-state index contributed by atoms with van der Waals surface area (Å²) in [6.45, 7) is 9.20. The Bertz CT molecular complexity index is 1140. The molecule has 0 unspecified atom stereocenters. The molecule has 0 aliphatic carbocycles. The summed E-state index contributed by atoms with van der Waals surface area (Å²) >= 11 is 5.71. The smallest absolute Gasteiger partial charge is 0.253 e. The SMILES string of the molecule is CCOCCCNC(=S)N(Cc1ccc(OC)cc1)Cc1cc2cc(C)c(C)cc2[nH]c1=O. The summed E-state index contributed by atoms with van der Waals surface area (Å²) in [5.41, 5.74) is 4.87. The second-order valence-corrected chi connectivity index (χ2v) is 8.52. The fourth-order valence-corrected chi connectivity index (χ4v) is 3.85. The first-order valence-corrected chi connectivity index (χ1v) is 11.7. The summed E-state index contributed by atoms with van der Waals surface area (Å²) in [5.74, 6) is 0.804. The molecular formula is C26H33N3O3S. The van der Waals surface area contributed by atoms with Gasteiger partial charge in [0, 0.05) is 37.4 Å². The lowest BCUT2D eigenvalue weighted by atomic mass is 10.0. The quantitative estimate of drug-likeness (QED) is 0.339. The maximum absolute atomic E-state index is 12.9. The number of nitrogens with one attached hydrogen (secondary N) is 2. The predicted molar refractivity (Wildman–Crippen MR) is 138 cm³/mol. The van der Waals surface area contributed by atoms with E-state index in [-0.39, 0.29) is 5.56 Å². The van der Waals surface area contributed by atoms with Crippen LogP contribution in [0.5, 0.6) is 5.75 Å². The summed E-state index contributed by atoms with van der Waals surface area (Å²) in [4.78, 5) is 17.9. The number of methoxy groups -OCH3 is 1. The van der Waals surface area contributed by atoms with Crippen molar-refractivity contribution in [1.29, 1.82) is 0 Å². The van der Waals surface area contributed by atoms with Crippen LogP contribution in [0.4, 0.5) is 0 Å². The highest BCUT2D eigenvalue weighted by atomic mass is 32.1. The monoisotopic (exact) mass is 467 g/mol. The van der Waals surface area contributed by atoms with Crippen molar-refractivity contribution in [1.82, 2.24) is 15.2 Å². The minimum atomic E-state index is -0.0929. The third-order valence-corrected chi connectivity index (χ3v) is 6.06. The molecule has 0 aliphatic rings. The minimum Gasteiger partial charge on any atom is -0.497 e. The lowest BCUT2D eigenvalue weighted by Crippen LogP contribution is -2.40. The van der Waals surface area contributed by atoms with Gasteiger partial charge in [0.05, 0.1) is 13.7 Å². The number of benzene rings is 2. The second-order valence-electron chi connectivity index (χ2n) is 8.13. The number of hydrogen-bond donors (Lipinski definition) is 2.